The molecule has 0 radical (unpaired) electrons. The van der Waals surface area contributed by atoms with Crippen molar-refractivity contribution in [2.45, 2.75) is 13.0 Å². The van der Waals surface area contributed by atoms with Gasteiger partial charge in [0.1, 0.15) is 6.04 Å². The number of amides is 1. The fraction of sp³-hybridized carbons (Fsp3) is 0.133. The van der Waals surface area contributed by atoms with Crippen LogP contribution in [-0.2, 0) is 4.79 Å². The van der Waals surface area contributed by atoms with Crippen LogP contribution in [-0.4, -0.2) is 5.91 Å². The largest absolute Gasteiger partial charge is 0.370 e. The SMILES string of the molecule is Cc1c(Cl)cccc1NC1C(=O)Nc2ccccc21. The number of hydrogen-bond acceptors (Lipinski definition) is 2. The fourth-order valence-corrected chi connectivity index (χ4v) is 2.45. The molecule has 96 valence electrons. The van der Waals surface area contributed by atoms with Gasteiger partial charge in [0.25, 0.3) is 5.91 Å². The Morgan fingerprint density at radius 1 is 1.16 bits per heavy atom. The Hall–Kier alpha value is -2.00. The second-order valence-electron chi connectivity index (χ2n) is 4.57. The second-order valence-corrected chi connectivity index (χ2v) is 4.97. The van der Waals surface area contributed by atoms with Crippen LogP contribution >= 0.6 is 11.6 Å². The molecular formula is C15H13ClN2O. The lowest BCUT2D eigenvalue weighted by Crippen LogP contribution is -2.20. The molecule has 1 heterocycles. The summed E-state index contributed by atoms with van der Waals surface area (Å²) in [6.45, 7) is 1.93. The molecule has 19 heavy (non-hydrogen) atoms. The van der Waals surface area contributed by atoms with Gasteiger partial charge in [-0.25, -0.2) is 0 Å². The van der Waals surface area contributed by atoms with Gasteiger partial charge < -0.3 is 10.6 Å². The van der Waals surface area contributed by atoms with Gasteiger partial charge in [0.05, 0.1) is 0 Å². The van der Waals surface area contributed by atoms with Gasteiger partial charge in [0.15, 0.2) is 0 Å². The Kier molecular flexibility index (Phi) is 2.91. The van der Waals surface area contributed by atoms with Crippen LogP contribution in [0.3, 0.4) is 0 Å². The molecule has 0 saturated carbocycles. The van der Waals surface area contributed by atoms with Crippen molar-refractivity contribution in [1.29, 1.82) is 0 Å². The number of halogens is 1. The van der Waals surface area contributed by atoms with Gasteiger partial charge >= 0.3 is 0 Å². The Labute approximate surface area is 116 Å². The van der Waals surface area contributed by atoms with E-state index in [4.69, 9.17) is 11.6 Å². The molecule has 1 amide bonds. The molecule has 2 aromatic carbocycles. The number of benzene rings is 2. The van der Waals surface area contributed by atoms with Crippen LogP contribution in [0.15, 0.2) is 42.5 Å². The molecule has 0 aromatic heterocycles. The van der Waals surface area contributed by atoms with E-state index in [9.17, 15) is 4.79 Å². The van der Waals surface area contributed by atoms with E-state index < -0.39 is 0 Å². The topological polar surface area (TPSA) is 41.1 Å². The third kappa shape index (κ3) is 2.06. The van der Waals surface area contributed by atoms with Crippen molar-refractivity contribution >= 4 is 28.9 Å². The molecule has 0 fully saturated rings. The van der Waals surface area contributed by atoms with E-state index in [2.05, 4.69) is 10.6 Å². The Morgan fingerprint density at radius 2 is 1.95 bits per heavy atom. The van der Waals surface area contributed by atoms with Crippen LogP contribution in [0.25, 0.3) is 0 Å². The first kappa shape index (κ1) is 12.1. The summed E-state index contributed by atoms with van der Waals surface area (Å²) in [4.78, 5) is 12.0. The number of hydrogen-bond donors (Lipinski definition) is 2. The summed E-state index contributed by atoms with van der Waals surface area (Å²) in [7, 11) is 0. The van der Waals surface area contributed by atoms with Crippen molar-refractivity contribution in [3.8, 4) is 0 Å². The summed E-state index contributed by atoms with van der Waals surface area (Å²) in [5.74, 6) is -0.0411. The van der Waals surface area contributed by atoms with Gasteiger partial charge in [-0.05, 0) is 30.7 Å². The number of para-hydroxylation sites is 1. The van der Waals surface area contributed by atoms with E-state index >= 15 is 0 Å². The summed E-state index contributed by atoms with van der Waals surface area (Å²) < 4.78 is 0. The lowest BCUT2D eigenvalue weighted by molar-refractivity contribution is -0.116. The van der Waals surface area contributed by atoms with Gasteiger partial charge in [0.2, 0.25) is 0 Å². The van der Waals surface area contributed by atoms with Gasteiger partial charge in [-0.15, -0.1) is 0 Å². The van der Waals surface area contributed by atoms with Crippen LogP contribution < -0.4 is 10.6 Å². The number of rotatable bonds is 2. The fourth-order valence-electron chi connectivity index (χ4n) is 2.27. The van der Waals surface area contributed by atoms with Gasteiger partial charge in [-0.2, -0.15) is 0 Å². The normalized spacial score (nSPS) is 16.9. The molecule has 3 rings (SSSR count). The highest BCUT2D eigenvalue weighted by Gasteiger charge is 2.30. The quantitative estimate of drug-likeness (QED) is 0.874. The summed E-state index contributed by atoms with van der Waals surface area (Å²) in [5, 5.41) is 6.82. The average Bonchev–Trinajstić information content (AvgIpc) is 2.72. The Morgan fingerprint density at radius 3 is 2.79 bits per heavy atom. The predicted molar refractivity (Wildman–Crippen MR) is 77.6 cm³/mol. The van der Waals surface area contributed by atoms with E-state index in [0.29, 0.717) is 5.02 Å². The summed E-state index contributed by atoms with van der Waals surface area (Å²) in [6, 6.07) is 13.0. The maximum atomic E-state index is 12.0. The summed E-state index contributed by atoms with van der Waals surface area (Å²) in [5.41, 5.74) is 3.65. The third-order valence-corrected chi connectivity index (χ3v) is 3.77. The highest BCUT2D eigenvalue weighted by Crippen LogP contribution is 2.34. The van der Waals surface area contributed by atoms with E-state index in [-0.39, 0.29) is 11.9 Å². The number of carbonyl (C=O) groups excluding carboxylic acids is 1. The number of nitrogens with one attached hydrogen (secondary N) is 2. The zero-order valence-corrected chi connectivity index (χ0v) is 11.2. The van der Waals surface area contributed by atoms with Crippen molar-refractivity contribution in [3.05, 3.63) is 58.6 Å². The van der Waals surface area contributed by atoms with Crippen LogP contribution in [0, 0.1) is 6.92 Å². The van der Waals surface area contributed by atoms with Crippen molar-refractivity contribution in [1.82, 2.24) is 0 Å². The summed E-state index contributed by atoms with van der Waals surface area (Å²) >= 11 is 6.10. The molecule has 2 N–H and O–H groups in total. The molecule has 1 aliphatic heterocycles. The minimum Gasteiger partial charge on any atom is -0.370 e. The monoisotopic (exact) mass is 272 g/mol. The molecule has 0 aliphatic carbocycles. The Bertz CT molecular complexity index is 654. The summed E-state index contributed by atoms with van der Waals surface area (Å²) in [6.07, 6.45) is 0. The lowest BCUT2D eigenvalue weighted by Gasteiger charge is -2.15. The molecule has 0 bridgehead atoms. The molecule has 1 aliphatic rings. The highest BCUT2D eigenvalue weighted by atomic mass is 35.5. The minimum absolute atomic E-state index is 0.0411. The van der Waals surface area contributed by atoms with Crippen molar-refractivity contribution in [3.63, 3.8) is 0 Å². The van der Waals surface area contributed by atoms with E-state index in [1.54, 1.807) is 0 Å². The second kappa shape index (κ2) is 4.59. The van der Waals surface area contributed by atoms with Gasteiger partial charge in [-0.3, -0.25) is 4.79 Å². The maximum absolute atomic E-state index is 12.0. The number of anilines is 2. The first-order valence-corrected chi connectivity index (χ1v) is 6.46. The first-order valence-electron chi connectivity index (χ1n) is 6.08. The molecule has 0 saturated heterocycles. The zero-order valence-electron chi connectivity index (χ0n) is 10.4. The van der Waals surface area contributed by atoms with Gasteiger partial charge in [0, 0.05) is 22.0 Å². The van der Waals surface area contributed by atoms with Crippen molar-refractivity contribution in [2.75, 3.05) is 10.6 Å². The standard InChI is InChI=1S/C15H13ClN2O/c1-9-11(16)6-4-8-12(9)17-14-10-5-2-3-7-13(10)18-15(14)19/h2-8,14,17H,1H3,(H,18,19). The molecule has 0 spiro atoms. The zero-order chi connectivity index (χ0) is 13.4. The van der Waals surface area contributed by atoms with E-state index in [1.165, 1.54) is 0 Å². The maximum Gasteiger partial charge on any atom is 0.251 e. The van der Waals surface area contributed by atoms with Crippen LogP contribution in [0.4, 0.5) is 11.4 Å². The predicted octanol–water partition coefficient (Wildman–Crippen LogP) is 3.75. The van der Waals surface area contributed by atoms with E-state index in [0.717, 1.165) is 22.5 Å². The molecular weight excluding hydrogens is 260 g/mol. The average molecular weight is 273 g/mol. The van der Waals surface area contributed by atoms with Crippen molar-refractivity contribution in [2.24, 2.45) is 0 Å². The number of fused-ring (bicyclic) bond motifs is 1. The molecule has 1 unspecified atom stereocenters. The van der Waals surface area contributed by atoms with Gasteiger partial charge in [-0.1, -0.05) is 35.9 Å². The van der Waals surface area contributed by atoms with Crippen molar-refractivity contribution < 1.29 is 4.79 Å². The lowest BCUT2D eigenvalue weighted by atomic mass is 10.1. The number of carbonyl (C=O) groups is 1. The van der Waals surface area contributed by atoms with Crippen LogP contribution in [0.2, 0.25) is 5.02 Å². The molecule has 1 atom stereocenters. The Balaban J connectivity index is 1.96. The first-order chi connectivity index (χ1) is 9.16. The minimum atomic E-state index is -0.367. The van der Waals surface area contributed by atoms with Crippen LogP contribution in [0.5, 0.6) is 0 Å². The third-order valence-electron chi connectivity index (χ3n) is 3.36. The molecule has 4 heteroatoms. The molecule has 2 aromatic rings. The van der Waals surface area contributed by atoms with Crippen LogP contribution in [0.1, 0.15) is 17.2 Å². The van der Waals surface area contributed by atoms with E-state index in [1.807, 2.05) is 49.4 Å². The molecule has 3 nitrogen and oxygen atoms in total. The highest BCUT2D eigenvalue weighted by molar-refractivity contribution is 6.31. The smallest absolute Gasteiger partial charge is 0.251 e.